The highest BCUT2D eigenvalue weighted by Gasteiger charge is 2.17. The van der Waals surface area contributed by atoms with E-state index in [1.54, 1.807) is 36.4 Å². The molecular weight excluding hydrogens is 478 g/mol. The lowest BCUT2D eigenvalue weighted by molar-refractivity contribution is -0.112. The van der Waals surface area contributed by atoms with Gasteiger partial charge < -0.3 is 0 Å². The highest BCUT2D eigenvalue weighted by Crippen LogP contribution is 2.15. The summed E-state index contributed by atoms with van der Waals surface area (Å²) < 4.78 is 11.6. The Bertz CT molecular complexity index is 716. The molecule has 0 fully saturated rings. The summed E-state index contributed by atoms with van der Waals surface area (Å²) in [6, 6.07) is 14.3. The number of alkyl halides is 1. The van der Waals surface area contributed by atoms with Crippen LogP contribution in [0.4, 0.5) is 0 Å². The molecule has 0 spiro atoms. The number of carbonyl (C=O) groups is 1. The molecule has 0 bridgehead atoms. The highest BCUT2D eigenvalue weighted by atomic mass is 127. The fraction of sp³-hybridized carbons (Fsp3) is 0.0556. The van der Waals surface area contributed by atoms with Gasteiger partial charge in [0.2, 0.25) is 0 Å². The molecule has 2 rings (SSSR count). The van der Waals surface area contributed by atoms with Gasteiger partial charge in [-0.1, -0.05) is 76.1 Å². The summed E-state index contributed by atoms with van der Waals surface area (Å²) in [6.45, 7) is 0. The number of halogens is 3. The largest absolute Gasteiger partial charge is 0.293 e. The van der Waals surface area contributed by atoms with Crippen LogP contribution < -0.4 is 0 Å². The summed E-state index contributed by atoms with van der Waals surface area (Å²) in [6.07, 6.45) is 4.84. The average Bonchev–Trinajstić information content (AvgIpc) is 2.59. The first kappa shape index (κ1) is 19.4. The molecule has 6 heteroatoms. The molecule has 0 aliphatic heterocycles. The topological polar surface area (TPSA) is 34.1 Å². The second-order valence-electron chi connectivity index (χ2n) is 4.79. The van der Waals surface area contributed by atoms with Crippen LogP contribution in [-0.4, -0.2) is 13.2 Å². The SMILES string of the molecule is O=C(C=Cc1ccc(Cl)cc1)C(I)S(=O)C=Cc1ccc(Cl)cc1. The molecule has 124 valence electrons. The second kappa shape index (κ2) is 9.51. The minimum atomic E-state index is -1.41. The maximum Gasteiger partial charge on any atom is 0.181 e. The standard InChI is InChI=1S/C18H13Cl2IO2S/c19-15-6-1-13(2-7-15)5-10-17(22)18(21)24(23)12-11-14-3-8-16(20)9-4-14/h1-12,18H. The van der Waals surface area contributed by atoms with E-state index < -0.39 is 14.1 Å². The van der Waals surface area contributed by atoms with Crippen LogP contribution >= 0.6 is 45.8 Å². The molecular formula is C18H13Cl2IO2S. The van der Waals surface area contributed by atoms with Gasteiger partial charge in [-0.25, -0.2) is 0 Å². The van der Waals surface area contributed by atoms with Crippen LogP contribution in [0.25, 0.3) is 12.2 Å². The molecule has 2 nitrogen and oxygen atoms in total. The van der Waals surface area contributed by atoms with E-state index in [0.29, 0.717) is 10.0 Å². The van der Waals surface area contributed by atoms with Gasteiger partial charge in [0.25, 0.3) is 0 Å². The minimum Gasteiger partial charge on any atom is -0.293 e. The zero-order chi connectivity index (χ0) is 17.5. The van der Waals surface area contributed by atoms with Crippen molar-refractivity contribution in [3.8, 4) is 0 Å². The minimum absolute atomic E-state index is 0.204. The monoisotopic (exact) mass is 490 g/mol. The molecule has 0 saturated carbocycles. The van der Waals surface area contributed by atoms with Crippen molar-refractivity contribution in [2.45, 2.75) is 3.26 Å². The number of hydrogen-bond acceptors (Lipinski definition) is 2. The van der Waals surface area contributed by atoms with E-state index in [2.05, 4.69) is 0 Å². The Balaban J connectivity index is 1.97. The summed E-state index contributed by atoms with van der Waals surface area (Å²) in [5.74, 6) is -0.204. The van der Waals surface area contributed by atoms with Gasteiger partial charge >= 0.3 is 0 Å². The third kappa shape index (κ3) is 6.16. The predicted molar refractivity (Wildman–Crippen MR) is 112 cm³/mol. The normalized spacial score (nSPS) is 14.1. The van der Waals surface area contributed by atoms with E-state index in [0.717, 1.165) is 11.1 Å². The van der Waals surface area contributed by atoms with Crippen LogP contribution in [0.2, 0.25) is 10.0 Å². The van der Waals surface area contributed by atoms with E-state index in [-0.39, 0.29) is 5.78 Å². The third-order valence-corrected chi connectivity index (χ3v) is 6.67. The lowest BCUT2D eigenvalue weighted by Gasteiger charge is -2.02. The number of ketones is 1. The lowest BCUT2D eigenvalue weighted by Crippen LogP contribution is -2.15. The van der Waals surface area contributed by atoms with Crippen molar-refractivity contribution >= 4 is 74.5 Å². The molecule has 2 unspecified atom stereocenters. The first-order valence-electron chi connectivity index (χ1n) is 6.90. The predicted octanol–water partition coefficient (Wildman–Crippen LogP) is 5.76. The van der Waals surface area contributed by atoms with Crippen molar-refractivity contribution in [1.29, 1.82) is 0 Å². The number of carbonyl (C=O) groups excluding carboxylic acids is 1. The van der Waals surface area contributed by atoms with Crippen LogP contribution in [0.15, 0.2) is 60.0 Å². The number of allylic oxidation sites excluding steroid dienone is 1. The first-order chi connectivity index (χ1) is 11.5. The maximum absolute atomic E-state index is 12.2. The molecule has 2 atom stereocenters. The number of rotatable bonds is 6. The van der Waals surface area contributed by atoms with Crippen molar-refractivity contribution in [2.24, 2.45) is 0 Å². The van der Waals surface area contributed by atoms with E-state index in [9.17, 15) is 9.00 Å². The zero-order valence-corrected chi connectivity index (χ0v) is 16.9. The Morgan fingerprint density at radius 2 is 1.38 bits per heavy atom. The first-order valence-corrected chi connectivity index (χ1v) is 10.2. The van der Waals surface area contributed by atoms with Gasteiger partial charge in [-0.05, 0) is 47.5 Å². The third-order valence-electron chi connectivity index (χ3n) is 3.00. The van der Waals surface area contributed by atoms with Gasteiger partial charge in [-0.3, -0.25) is 9.00 Å². The Hall–Kier alpha value is -0.950. The van der Waals surface area contributed by atoms with Gasteiger partial charge in [-0.15, -0.1) is 0 Å². The molecule has 2 aromatic carbocycles. The van der Waals surface area contributed by atoms with E-state index >= 15 is 0 Å². The van der Waals surface area contributed by atoms with Gasteiger partial charge in [0, 0.05) is 15.5 Å². The molecule has 0 N–H and O–H groups in total. The molecule has 0 aliphatic rings. The molecule has 0 heterocycles. The average molecular weight is 491 g/mol. The molecule has 2 aromatic rings. The van der Waals surface area contributed by atoms with Crippen molar-refractivity contribution in [3.05, 3.63) is 81.2 Å². The Morgan fingerprint density at radius 3 is 1.88 bits per heavy atom. The fourth-order valence-corrected chi connectivity index (χ4v) is 3.44. The van der Waals surface area contributed by atoms with Crippen molar-refractivity contribution in [2.75, 3.05) is 0 Å². The quantitative estimate of drug-likeness (QED) is 0.293. The van der Waals surface area contributed by atoms with Crippen LogP contribution in [0, 0.1) is 0 Å². The van der Waals surface area contributed by atoms with Gasteiger partial charge in [-0.2, -0.15) is 0 Å². The smallest absolute Gasteiger partial charge is 0.181 e. The second-order valence-corrected chi connectivity index (χ2v) is 9.15. The summed E-state index contributed by atoms with van der Waals surface area (Å²) in [4.78, 5) is 12.1. The van der Waals surface area contributed by atoms with Crippen LogP contribution in [0.1, 0.15) is 11.1 Å². The molecule has 0 aliphatic carbocycles. The van der Waals surface area contributed by atoms with Crippen LogP contribution in [0.3, 0.4) is 0 Å². The van der Waals surface area contributed by atoms with Gasteiger partial charge in [0.1, 0.15) is 0 Å². The van der Waals surface area contributed by atoms with E-state index in [1.807, 2.05) is 46.9 Å². The fourth-order valence-electron chi connectivity index (χ4n) is 1.73. The Kier molecular flexibility index (Phi) is 7.68. The highest BCUT2D eigenvalue weighted by molar-refractivity contribution is 14.1. The summed E-state index contributed by atoms with van der Waals surface area (Å²) in [5.41, 5.74) is 1.74. The molecule has 24 heavy (non-hydrogen) atoms. The summed E-state index contributed by atoms with van der Waals surface area (Å²) in [5, 5.41) is 2.80. The van der Waals surface area contributed by atoms with Crippen molar-refractivity contribution in [3.63, 3.8) is 0 Å². The number of benzene rings is 2. The van der Waals surface area contributed by atoms with Crippen LogP contribution in [-0.2, 0) is 15.6 Å². The van der Waals surface area contributed by atoms with E-state index in [4.69, 9.17) is 23.2 Å². The molecule has 0 amide bonds. The van der Waals surface area contributed by atoms with Crippen LogP contribution in [0.5, 0.6) is 0 Å². The zero-order valence-electron chi connectivity index (χ0n) is 12.4. The maximum atomic E-state index is 12.2. The lowest BCUT2D eigenvalue weighted by atomic mass is 10.2. The van der Waals surface area contributed by atoms with Gasteiger partial charge in [0.05, 0.1) is 10.8 Å². The summed E-state index contributed by atoms with van der Waals surface area (Å²) in [7, 11) is -1.41. The van der Waals surface area contributed by atoms with Gasteiger partial charge in [0.15, 0.2) is 9.04 Å². The van der Waals surface area contributed by atoms with Crippen molar-refractivity contribution < 1.29 is 9.00 Å². The summed E-state index contributed by atoms with van der Waals surface area (Å²) >= 11 is 13.5. The van der Waals surface area contributed by atoms with E-state index in [1.165, 1.54) is 11.5 Å². The molecule has 0 aromatic heterocycles. The molecule has 0 saturated heterocycles. The molecule has 0 radical (unpaired) electrons. The van der Waals surface area contributed by atoms with Crippen molar-refractivity contribution in [1.82, 2.24) is 0 Å². The Labute approximate surface area is 167 Å². The number of hydrogen-bond donors (Lipinski definition) is 0. The Morgan fingerprint density at radius 1 is 0.917 bits per heavy atom.